The summed E-state index contributed by atoms with van der Waals surface area (Å²) in [6.07, 6.45) is 3.50. The number of carbonyl (C=O) groups is 2. The quantitative estimate of drug-likeness (QED) is 0.457. The Bertz CT molecular complexity index is 1310. The number of hydrogen-bond donors (Lipinski definition) is 3. The van der Waals surface area contributed by atoms with E-state index in [1.807, 2.05) is 6.07 Å². The lowest BCUT2D eigenvalue weighted by Crippen LogP contribution is -2.44. The zero-order chi connectivity index (χ0) is 25.0. The highest BCUT2D eigenvalue weighted by Crippen LogP contribution is 2.27. The van der Waals surface area contributed by atoms with Crippen LogP contribution >= 0.6 is 0 Å². The molecule has 11 nitrogen and oxygen atoms in total. The summed E-state index contributed by atoms with van der Waals surface area (Å²) in [4.78, 5) is 29.0. The molecule has 0 spiro atoms. The number of rotatable bonds is 7. The third-order valence-electron chi connectivity index (χ3n) is 5.80. The number of fused-ring (bicyclic) bond motifs is 1. The lowest BCUT2D eigenvalue weighted by molar-refractivity contribution is -0.117. The molecule has 2 heterocycles. The number of carbonyl (C=O) groups excluding carboxylic acids is 2. The summed E-state index contributed by atoms with van der Waals surface area (Å²) in [5.41, 5.74) is 3.73. The maximum Gasteiger partial charge on any atom is 0.319 e. The molecule has 1 atom stereocenters. The first-order valence-electron chi connectivity index (χ1n) is 11.2. The maximum atomic E-state index is 12.6. The molecule has 0 saturated heterocycles. The normalized spacial score (nSPS) is 14.6. The molecule has 0 fully saturated rings. The van der Waals surface area contributed by atoms with E-state index in [1.54, 1.807) is 61.3 Å². The van der Waals surface area contributed by atoms with Gasteiger partial charge < -0.3 is 16.0 Å². The van der Waals surface area contributed by atoms with E-state index in [-0.39, 0.29) is 18.2 Å². The number of nitrogens with zero attached hydrogens (tertiary/aromatic N) is 4. The second-order valence-electron chi connectivity index (χ2n) is 8.12. The Morgan fingerprint density at radius 3 is 2.57 bits per heavy atom. The highest BCUT2D eigenvalue weighted by Gasteiger charge is 2.27. The van der Waals surface area contributed by atoms with Gasteiger partial charge >= 0.3 is 6.03 Å². The van der Waals surface area contributed by atoms with E-state index in [4.69, 9.17) is 0 Å². The molecular formula is C23H27N7O4S. The highest BCUT2D eigenvalue weighted by molar-refractivity contribution is 7.89. The molecule has 2 aromatic carbocycles. The van der Waals surface area contributed by atoms with E-state index in [1.165, 1.54) is 10.6 Å². The van der Waals surface area contributed by atoms with Crippen LogP contribution in [0.25, 0.3) is 5.69 Å². The number of urea groups is 1. The van der Waals surface area contributed by atoms with Crippen molar-refractivity contribution < 1.29 is 18.0 Å². The van der Waals surface area contributed by atoms with Crippen molar-refractivity contribution in [1.29, 1.82) is 0 Å². The number of nitrogens with one attached hydrogen (secondary N) is 3. The highest BCUT2D eigenvalue weighted by atomic mass is 32.2. The van der Waals surface area contributed by atoms with Crippen LogP contribution in [-0.2, 0) is 27.8 Å². The molecule has 1 unspecified atom stereocenters. The summed E-state index contributed by atoms with van der Waals surface area (Å²) >= 11 is 0. The van der Waals surface area contributed by atoms with E-state index in [9.17, 15) is 18.0 Å². The van der Waals surface area contributed by atoms with Gasteiger partial charge in [0.05, 0.1) is 11.4 Å². The number of anilines is 2. The van der Waals surface area contributed by atoms with Crippen LogP contribution < -0.4 is 16.0 Å². The largest absolute Gasteiger partial charge is 0.326 e. The molecule has 3 aromatic rings. The lowest BCUT2D eigenvalue weighted by Gasteiger charge is -2.29. The van der Waals surface area contributed by atoms with Crippen molar-refractivity contribution >= 4 is 33.3 Å². The SMILES string of the molecule is CCS(=O)(=O)N1CCc2c(cccc2NC(=O)NC(C)C(=O)Nc2ccc(-n3cncn3)cc2)C1. The second kappa shape index (κ2) is 10.2. The van der Waals surface area contributed by atoms with Gasteiger partial charge in [-0.15, -0.1) is 0 Å². The van der Waals surface area contributed by atoms with Crippen molar-refractivity contribution in [1.82, 2.24) is 24.4 Å². The van der Waals surface area contributed by atoms with E-state index in [0.29, 0.717) is 24.3 Å². The second-order valence-corrected chi connectivity index (χ2v) is 10.4. The Kier molecular flexibility index (Phi) is 7.12. The average molecular weight is 498 g/mol. The third kappa shape index (κ3) is 5.66. The summed E-state index contributed by atoms with van der Waals surface area (Å²) in [6, 6.07) is 11.1. The van der Waals surface area contributed by atoms with Crippen LogP contribution in [-0.4, -0.2) is 57.8 Å². The predicted molar refractivity (Wildman–Crippen MR) is 132 cm³/mol. The number of hydrogen-bond acceptors (Lipinski definition) is 6. The van der Waals surface area contributed by atoms with Gasteiger partial charge in [-0.2, -0.15) is 9.40 Å². The molecule has 35 heavy (non-hydrogen) atoms. The van der Waals surface area contributed by atoms with Gasteiger partial charge in [-0.25, -0.2) is 22.9 Å². The van der Waals surface area contributed by atoms with E-state index in [2.05, 4.69) is 26.0 Å². The molecular weight excluding hydrogens is 470 g/mol. The van der Waals surface area contributed by atoms with Crippen LogP contribution in [0, 0.1) is 0 Å². The van der Waals surface area contributed by atoms with Crippen molar-refractivity contribution in [2.24, 2.45) is 0 Å². The Labute approximate surface area is 203 Å². The van der Waals surface area contributed by atoms with Gasteiger partial charge in [0, 0.05) is 24.5 Å². The Morgan fingerprint density at radius 1 is 1.11 bits per heavy atom. The first kappa shape index (κ1) is 24.4. The summed E-state index contributed by atoms with van der Waals surface area (Å²) in [6.45, 7) is 3.85. The van der Waals surface area contributed by atoms with Gasteiger partial charge in [0.15, 0.2) is 0 Å². The first-order valence-corrected chi connectivity index (χ1v) is 12.8. The first-order chi connectivity index (χ1) is 16.8. The molecule has 1 aliphatic heterocycles. The van der Waals surface area contributed by atoms with Crippen molar-refractivity contribution in [2.45, 2.75) is 32.9 Å². The average Bonchev–Trinajstić information content (AvgIpc) is 3.39. The number of benzene rings is 2. The van der Waals surface area contributed by atoms with Crippen molar-refractivity contribution in [3.8, 4) is 5.69 Å². The molecule has 3 amide bonds. The van der Waals surface area contributed by atoms with Crippen LogP contribution in [0.4, 0.5) is 16.2 Å². The summed E-state index contributed by atoms with van der Waals surface area (Å²) in [7, 11) is -3.28. The zero-order valence-corrected chi connectivity index (χ0v) is 20.2. The summed E-state index contributed by atoms with van der Waals surface area (Å²) in [5, 5.41) is 12.3. The third-order valence-corrected chi connectivity index (χ3v) is 7.62. The Balaban J connectivity index is 1.34. The minimum atomic E-state index is -3.28. The number of amides is 3. The van der Waals surface area contributed by atoms with Crippen molar-refractivity contribution in [2.75, 3.05) is 22.9 Å². The van der Waals surface area contributed by atoms with Gasteiger partial charge in [-0.1, -0.05) is 12.1 Å². The monoisotopic (exact) mass is 497 g/mol. The fraction of sp³-hybridized carbons (Fsp3) is 0.304. The van der Waals surface area contributed by atoms with Crippen LogP contribution in [0.1, 0.15) is 25.0 Å². The van der Waals surface area contributed by atoms with E-state index >= 15 is 0 Å². The Hall–Kier alpha value is -3.77. The van der Waals surface area contributed by atoms with Gasteiger partial charge in [0.1, 0.15) is 18.7 Å². The minimum absolute atomic E-state index is 0.0502. The van der Waals surface area contributed by atoms with Gasteiger partial charge in [0.25, 0.3) is 0 Å². The number of aromatic nitrogens is 3. The molecule has 0 aliphatic carbocycles. The van der Waals surface area contributed by atoms with Crippen LogP contribution in [0.2, 0.25) is 0 Å². The molecule has 3 N–H and O–H groups in total. The Morgan fingerprint density at radius 2 is 1.89 bits per heavy atom. The smallest absolute Gasteiger partial charge is 0.319 e. The standard InChI is InChI=1S/C23H27N7O4S/c1-3-35(33,34)29-12-11-20-17(13-29)5-4-6-21(20)28-23(32)26-16(2)22(31)27-18-7-9-19(10-8-18)30-15-24-14-25-30/h4-10,14-16H,3,11-13H2,1-2H3,(H,27,31)(H2,26,28,32). The van der Waals surface area contributed by atoms with E-state index in [0.717, 1.165) is 16.8 Å². The van der Waals surface area contributed by atoms with Crippen LogP contribution in [0.5, 0.6) is 0 Å². The van der Waals surface area contributed by atoms with Crippen molar-refractivity contribution in [3.63, 3.8) is 0 Å². The molecule has 4 rings (SSSR count). The fourth-order valence-electron chi connectivity index (χ4n) is 3.83. The molecule has 1 aromatic heterocycles. The molecule has 184 valence electrons. The van der Waals surface area contributed by atoms with Gasteiger partial charge in [0.2, 0.25) is 15.9 Å². The zero-order valence-electron chi connectivity index (χ0n) is 19.4. The minimum Gasteiger partial charge on any atom is -0.326 e. The van der Waals surface area contributed by atoms with Crippen molar-refractivity contribution in [3.05, 3.63) is 66.2 Å². The molecule has 1 aliphatic rings. The lowest BCUT2D eigenvalue weighted by atomic mass is 9.99. The molecule has 0 bridgehead atoms. The van der Waals surface area contributed by atoms with Crippen LogP contribution in [0.3, 0.4) is 0 Å². The predicted octanol–water partition coefficient (Wildman–Crippen LogP) is 2.12. The summed E-state index contributed by atoms with van der Waals surface area (Å²) < 4.78 is 27.5. The van der Waals surface area contributed by atoms with Gasteiger partial charge in [-0.05, 0) is 61.7 Å². The molecule has 0 radical (unpaired) electrons. The summed E-state index contributed by atoms with van der Waals surface area (Å²) in [5.74, 6) is -0.321. The maximum absolute atomic E-state index is 12.6. The van der Waals surface area contributed by atoms with E-state index < -0.39 is 22.1 Å². The fourth-order valence-corrected chi connectivity index (χ4v) is 4.90. The van der Waals surface area contributed by atoms with Crippen LogP contribution in [0.15, 0.2) is 55.1 Å². The van der Waals surface area contributed by atoms with Gasteiger partial charge in [-0.3, -0.25) is 4.79 Å². The molecule has 0 saturated carbocycles. The topological polar surface area (TPSA) is 138 Å². The number of sulfonamides is 1. The molecule has 12 heteroatoms.